The number of rotatable bonds is 5. The first-order valence-corrected chi connectivity index (χ1v) is 9.05. The highest BCUT2D eigenvalue weighted by Crippen LogP contribution is 2.16. The molecule has 2 rings (SSSR count). The van der Waals surface area contributed by atoms with Gasteiger partial charge in [-0.1, -0.05) is 13.8 Å². The summed E-state index contributed by atoms with van der Waals surface area (Å²) in [7, 11) is 0. The smallest absolute Gasteiger partial charge is 0.245 e. The maximum absolute atomic E-state index is 12.6. The monoisotopic (exact) mass is 313 g/mol. The van der Waals surface area contributed by atoms with Crippen LogP contribution in [0.2, 0.25) is 0 Å². The van der Waals surface area contributed by atoms with Crippen LogP contribution in [-0.2, 0) is 9.59 Å². The SMILES string of the molecule is CC(C)CC1NC(=O)C(C)N(CCN2CCSCC2)C1=O. The molecule has 5 nitrogen and oxygen atoms in total. The van der Waals surface area contributed by atoms with Crippen LogP contribution in [0, 0.1) is 5.92 Å². The summed E-state index contributed by atoms with van der Waals surface area (Å²) in [5.41, 5.74) is 0. The molecule has 0 bridgehead atoms. The highest BCUT2D eigenvalue weighted by molar-refractivity contribution is 7.99. The Morgan fingerprint density at radius 3 is 2.52 bits per heavy atom. The van der Waals surface area contributed by atoms with E-state index < -0.39 is 0 Å². The van der Waals surface area contributed by atoms with Crippen molar-refractivity contribution in [2.75, 3.05) is 37.7 Å². The fraction of sp³-hybridized carbons (Fsp3) is 0.867. The Balaban J connectivity index is 1.94. The number of hydrogen-bond acceptors (Lipinski definition) is 4. The van der Waals surface area contributed by atoms with Crippen molar-refractivity contribution in [3.8, 4) is 0 Å². The molecular formula is C15H27N3O2S. The second-order valence-electron chi connectivity index (χ2n) is 6.35. The first-order chi connectivity index (χ1) is 9.99. The van der Waals surface area contributed by atoms with Crippen LogP contribution >= 0.6 is 11.8 Å². The van der Waals surface area contributed by atoms with Gasteiger partial charge in [0.15, 0.2) is 0 Å². The molecule has 0 radical (unpaired) electrons. The van der Waals surface area contributed by atoms with Gasteiger partial charge in [0.05, 0.1) is 0 Å². The van der Waals surface area contributed by atoms with Crippen LogP contribution in [0.4, 0.5) is 0 Å². The van der Waals surface area contributed by atoms with Crippen molar-refractivity contribution in [2.45, 2.75) is 39.3 Å². The topological polar surface area (TPSA) is 52.7 Å². The second kappa shape index (κ2) is 7.49. The molecule has 2 heterocycles. The van der Waals surface area contributed by atoms with Crippen molar-refractivity contribution in [3.63, 3.8) is 0 Å². The van der Waals surface area contributed by atoms with Crippen LogP contribution in [0.15, 0.2) is 0 Å². The van der Waals surface area contributed by atoms with E-state index in [1.807, 2.05) is 18.7 Å². The Kier molecular flexibility index (Phi) is 5.93. The van der Waals surface area contributed by atoms with Crippen LogP contribution in [0.3, 0.4) is 0 Å². The molecule has 2 saturated heterocycles. The molecule has 0 spiro atoms. The number of nitrogens with one attached hydrogen (secondary N) is 1. The van der Waals surface area contributed by atoms with Gasteiger partial charge in [-0.05, 0) is 19.3 Å². The zero-order valence-corrected chi connectivity index (χ0v) is 14.1. The molecule has 2 aliphatic heterocycles. The maximum Gasteiger partial charge on any atom is 0.245 e. The van der Waals surface area contributed by atoms with Gasteiger partial charge >= 0.3 is 0 Å². The van der Waals surface area contributed by atoms with Crippen LogP contribution < -0.4 is 5.32 Å². The molecular weight excluding hydrogens is 286 g/mol. The largest absolute Gasteiger partial charge is 0.343 e. The van der Waals surface area contributed by atoms with Gasteiger partial charge in [-0.3, -0.25) is 14.5 Å². The lowest BCUT2D eigenvalue weighted by Crippen LogP contribution is -2.63. The minimum Gasteiger partial charge on any atom is -0.343 e. The van der Waals surface area contributed by atoms with Gasteiger partial charge in [-0.15, -0.1) is 0 Å². The van der Waals surface area contributed by atoms with Gasteiger partial charge in [-0.2, -0.15) is 11.8 Å². The van der Waals surface area contributed by atoms with Crippen molar-refractivity contribution in [3.05, 3.63) is 0 Å². The van der Waals surface area contributed by atoms with Crippen molar-refractivity contribution < 1.29 is 9.59 Å². The van der Waals surface area contributed by atoms with E-state index in [9.17, 15) is 9.59 Å². The van der Waals surface area contributed by atoms with Gasteiger partial charge in [-0.25, -0.2) is 0 Å². The quantitative estimate of drug-likeness (QED) is 0.816. The third-order valence-electron chi connectivity index (χ3n) is 4.21. The molecule has 6 heteroatoms. The van der Waals surface area contributed by atoms with E-state index in [1.54, 1.807) is 4.90 Å². The molecule has 0 aliphatic carbocycles. The number of carbonyl (C=O) groups excluding carboxylic acids is 2. The molecule has 21 heavy (non-hydrogen) atoms. The Morgan fingerprint density at radius 1 is 1.24 bits per heavy atom. The maximum atomic E-state index is 12.6. The Hall–Kier alpha value is -0.750. The molecule has 120 valence electrons. The van der Waals surface area contributed by atoms with Crippen LogP contribution in [0.25, 0.3) is 0 Å². The third kappa shape index (κ3) is 4.36. The summed E-state index contributed by atoms with van der Waals surface area (Å²) in [6.45, 7) is 9.68. The number of carbonyl (C=O) groups is 2. The minimum atomic E-state index is -0.347. The van der Waals surface area contributed by atoms with E-state index in [0.29, 0.717) is 18.9 Å². The van der Waals surface area contributed by atoms with Crippen LogP contribution in [-0.4, -0.2) is 71.4 Å². The Labute approximate surface area is 131 Å². The normalized spacial score (nSPS) is 28.1. The average Bonchev–Trinajstić information content (AvgIpc) is 2.45. The van der Waals surface area contributed by atoms with Crippen molar-refractivity contribution >= 4 is 23.6 Å². The van der Waals surface area contributed by atoms with E-state index >= 15 is 0 Å². The van der Waals surface area contributed by atoms with Gasteiger partial charge in [0.2, 0.25) is 11.8 Å². The first-order valence-electron chi connectivity index (χ1n) is 7.90. The number of nitrogens with zero attached hydrogens (tertiary/aromatic N) is 2. The van der Waals surface area contributed by atoms with E-state index in [2.05, 4.69) is 24.1 Å². The summed E-state index contributed by atoms with van der Waals surface area (Å²) in [6, 6.07) is -0.689. The van der Waals surface area contributed by atoms with Crippen molar-refractivity contribution in [2.24, 2.45) is 5.92 Å². The summed E-state index contributed by atoms with van der Waals surface area (Å²) < 4.78 is 0. The van der Waals surface area contributed by atoms with Crippen LogP contribution in [0.5, 0.6) is 0 Å². The number of hydrogen-bond donors (Lipinski definition) is 1. The molecule has 0 aromatic rings. The van der Waals surface area contributed by atoms with Crippen molar-refractivity contribution in [1.29, 1.82) is 0 Å². The van der Waals surface area contributed by atoms with Crippen LogP contribution in [0.1, 0.15) is 27.2 Å². The van der Waals surface area contributed by atoms with Crippen molar-refractivity contribution in [1.82, 2.24) is 15.1 Å². The molecule has 0 saturated carbocycles. The second-order valence-corrected chi connectivity index (χ2v) is 7.58. The highest BCUT2D eigenvalue weighted by atomic mass is 32.2. The lowest BCUT2D eigenvalue weighted by molar-refractivity contribution is -0.149. The van der Waals surface area contributed by atoms with E-state index in [4.69, 9.17) is 0 Å². The lowest BCUT2D eigenvalue weighted by atomic mass is 9.99. The number of amides is 2. The molecule has 1 N–H and O–H groups in total. The Morgan fingerprint density at radius 2 is 1.90 bits per heavy atom. The van der Waals surface area contributed by atoms with Gasteiger partial charge in [0.25, 0.3) is 0 Å². The summed E-state index contributed by atoms with van der Waals surface area (Å²) in [6.07, 6.45) is 0.716. The standard InChI is InChI=1S/C15H27N3O2S/c1-11(2)10-13-15(20)18(12(3)14(19)16-13)5-4-17-6-8-21-9-7-17/h11-13H,4-10H2,1-3H3,(H,16,19). The summed E-state index contributed by atoms with van der Waals surface area (Å²) in [5.74, 6) is 2.80. The third-order valence-corrected chi connectivity index (χ3v) is 5.16. The zero-order chi connectivity index (χ0) is 15.4. The number of piperazine rings is 1. The van der Waals surface area contributed by atoms with Gasteiger partial charge < -0.3 is 10.2 Å². The number of thioether (sulfide) groups is 1. The fourth-order valence-corrected chi connectivity index (χ4v) is 3.87. The van der Waals surface area contributed by atoms with Gasteiger partial charge in [0.1, 0.15) is 12.1 Å². The first kappa shape index (κ1) is 16.6. The van der Waals surface area contributed by atoms with Gasteiger partial charge in [0, 0.05) is 37.7 Å². The van der Waals surface area contributed by atoms with E-state index in [1.165, 1.54) is 11.5 Å². The predicted octanol–water partition coefficient (Wildman–Crippen LogP) is 0.797. The average molecular weight is 313 g/mol. The van der Waals surface area contributed by atoms with E-state index in [0.717, 1.165) is 19.6 Å². The highest BCUT2D eigenvalue weighted by Gasteiger charge is 2.38. The molecule has 2 amide bonds. The molecule has 2 unspecified atom stereocenters. The van der Waals surface area contributed by atoms with E-state index in [-0.39, 0.29) is 23.9 Å². The molecule has 2 aliphatic rings. The lowest BCUT2D eigenvalue weighted by Gasteiger charge is -2.39. The fourth-order valence-electron chi connectivity index (χ4n) is 2.90. The molecule has 2 atom stereocenters. The Bertz CT molecular complexity index is 383. The summed E-state index contributed by atoms with van der Waals surface area (Å²) >= 11 is 1.98. The molecule has 2 fully saturated rings. The minimum absolute atomic E-state index is 0.0190. The molecule has 0 aromatic carbocycles. The zero-order valence-electron chi connectivity index (χ0n) is 13.3. The summed E-state index contributed by atoms with van der Waals surface area (Å²) in [5, 5.41) is 2.87. The molecule has 0 aromatic heterocycles. The predicted molar refractivity (Wildman–Crippen MR) is 86.3 cm³/mol. The summed E-state index contributed by atoms with van der Waals surface area (Å²) in [4.78, 5) is 28.8.